The van der Waals surface area contributed by atoms with E-state index in [9.17, 15) is 14.4 Å². The van der Waals surface area contributed by atoms with Gasteiger partial charge in [-0.25, -0.2) is 4.79 Å². The molecule has 0 bridgehead atoms. The van der Waals surface area contributed by atoms with E-state index in [2.05, 4.69) is 33.5 Å². The second kappa shape index (κ2) is 9.09. The fourth-order valence-electron chi connectivity index (χ4n) is 5.91. The van der Waals surface area contributed by atoms with Crippen LogP contribution in [-0.4, -0.2) is 64.4 Å². The third-order valence-electron chi connectivity index (χ3n) is 8.10. The number of piperidine rings is 3. The van der Waals surface area contributed by atoms with Gasteiger partial charge in [0.2, 0.25) is 11.8 Å². The van der Waals surface area contributed by atoms with Crippen LogP contribution in [0, 0.1) is 5.41 Å². The fourth-order valence-corrected chi connectivity index (χ4v) is 5.91. The highest BCUT2D eigenvalue weighted by Gasteiger charge is 2.39. The standard InChI is InChI=1S/C27H37N5O4/c1-26(2,3)36-25(35)32-15-11-27(12-16-32)9-13-31(14-10-27)18-5-6-19-21(17-18)30(4)29-23(19)20-7-8-22(33)28-24(20)34/h5-6,17,20H,7-16H2,1-4H3,(H,28,33,34). The van der Waals surface area contributed by atoms with Crippen LogP contribution in [0.4, 0.5) is 10.5 Å². The van der Waals surface area contributed by atoms with E-state index in [-0.39, 0.29) is 17.9 Å². The number of amides is 3. The second-order valence-electron chi connectivity index (χ2n) is 11.7. The molecule has 36 heavy (non-hydrogen) atoms. The highest BCUT2D eigenvalue weighted by molar-refractivity contribution is 6.02. The summed E-state index contributed by atoms with van der Waals surface area (Å²) in [5.41, 5.74) is 2.75. The molecule has 1 aromatic heterocycles. The number of carbonyl (C=O) groups excluding carboxylic acids is 3. The summed E-state index contributed by atoms with van der Waals surface area (Å²) < 4.78 is 7.40. The number of ether oxygens (including phenoxy) is 1. The molecular weight excluding hydrogens is 458 g/mol. The van der Waals surface area contributed by atoms with Gasteiger partial charge in [-0.05, 0) is 76.5 Å². The minimum Gasteiger partial charge on any atom is -0.444 e. The van der Waals surface area contributed by atoms with Gasteiger partial charge in [0, 0.05) is 50.7 Å². The molecule has 9 nitrogen and oxygen atoms in total. The Balaban J connectivity index is 1.23. The van der Waals surface area contributed by atoms with E-state index in [1.54, 1.807) is 0 Å². The zero-order valence-electron chi connectivity index (χ0n) is 21.8. The number of imide groups is 1. The van der Waals surface area contributed by atoms with Gasteiger partial charge in [0.05, 0.1) is 17.1 Å². The predicted molar refractivity (Wildman–Crippen MR) is 137 cm³/mol. The van der Waals surface area contributed by atoms with Crippen molar-refractivity contribution >= 4 is 34.5 Å². The maximum Gasteiger partial charge on any atom is 0.410 e. The summed E-state index contributed by atoms with van der Waals surface area (Å²) in [6.07, 6.45) is 4.92. The average molecular weight is 496 g/mol. The Bertz CT molecular complexity index is 1180. The average Bonchev–Trinajstić information content (AvgIpc) is 3.14. The van der Waals surface area contributed by atoms with E-state index in [4.69, 9.17) is 4.74 Å². The van der Waals surface area contributed by atoms with Crippen LogP contribution in [0.25, 0.3) is 10.9 Å². The molecule has 0 saturated carbocycles. The van der Waals surface area contributed by atoms with Gasteiger partial charge in [0.25, 0.3) is 0 Å². The molecule has 2 aromatic rings. The maximum absolute atomic E-state index is 12.4. The van der Waals surface area contributed by atoms with Crippen molar-refractivity contribution in [3.8, 4) is 0 Å². The summed E-state index contributed by atoms with van der Waals surface area (Å²) in [6.45, 7) is 9.21. The Labute approximate surface area is 212 Å². The number of aromatic nitrogens is 2. The third kappa shape index (κ3) is 4.80. The van der Waals surface area contributed by atoms with Crippen molar-refractivity contribution in [2.24, 2.45) is 12.5 Å². The number of likely N-dealkylation sites (tertiary alicyclic amines) is 1. The molecule has 1 aromatic carbocycles. The minimum atomic E-state index is -0.463. The lowest BCUT2D eigenvalue weighted by Crippen LogP contribution is -2.49. The first-order chi connectivity index (χ1) is 17.0. The molecule has 1 N–H and O–H groups in total. The largest absolute Gasteiger partial charge is 0.444 e. The molecule has 5 rings (SSSR count). The quantitative estimate of drug-likeness (QED) is 0.638. The van der Waals surface area contributed by atoms with E-state index < -0.39 is 11.5 Å². The number of carbonyl (C=O) groups is 3. The molecular formula is C27H37N5O4. The van der Waals surface area contributed by atoms with E-state index in [0.717, 1.165) is 68.5 Å². The van der Waals surface area contributed by atoms with Crippen LogP contribution in [0.1, 0.15) is 70.9 Å². The van der Waals surface area contributed by atoms with Crippen molar-refractivity contribution in [2.75, 3.05) is 31.1 Å². The van der Waals surface area contributed by atoms with Gasteiger partial charge in [-0.3, -0.25) is 19.6 Å². The molecule has 0 aliphatic carbocycles. The number of rotatable bonds is 2. The molecule has 3 fully saturated rings. The monoisotopic (exact) mass is 495 g/mol. The second-order valence-corrected chi connectivity index (χ2v) is 11.7. The molecule has 3 aliphatic heterocycles. The Hall–Kier alpha value is -3.10. The summed E-state index contributed by atoms with van der Waals surface area (Å²) in [4.78, 5) is 40.7. The zero-order chi connectivity index (χ0) is 25.7. The lowest BCUT2D eigenvalue weighted by atomic mass is 9.71. The number of nitrogens with one attached hydrogen (secondary N) is 1. The van der Waals surface area contributed by atoms with Gasteiger partial charge >= 0.3 is 6.09 Å². The van der Waals surface area contributed by atoms with Crippen molar-refractivity contribution in [3.63, 3.8) is 0 Å². The van der Waals surface area contributed by atoms with Gasteiger partial charge in [-0.15, -0.1) is 0 Å². The van der Waals surface area contributed by atoms with Crippen molar-refractivity contribution in [1.29, 1.82) is 0 Å². The van der Waals surface area contributed by atoms with E-state index in [1.165, 1.54) is 5.69 Å². The smallest absolute Gasteiger partial charge is 0.410 e. The summed E-state index contributed by atoms with van der Waals surface area (Å²) in [7, 11) is 1.91. The van der Waals surface area contributed by atoms with Crippen LogP contribution in [-0.2, 0) is 21.4 Å². The van der Waals surface area contributed by atoms with Gasteiger partial charge in [-0.1, -0.05) is 0 Å². The number of hydrogen-bond donors (Lipinski definition) is 1. The zero-order valence-corrected chi connectivity index (χ0v) is 21.8. The van der Waals surface area contributed by atoms with Crippen LogP contribution in [0.5, 0.6) is 0 Å². The number of hydrogen-bond acceptors (Lipinski definition) is 6. The van der Waals surface area contributed by atoms with Crippen molar-refractivity contribution in [2.45, 2.75) is 70.8 Å². The summed E-state index contributed by atoms with van der Waals surface area (Å²) in [6, 6.07) is 6.36. The molecule has 4 heterocycles. The molecule has 194 valence electrons. The lowest BCUT2D eigenvalue weighted by Gasteiger charge is -2.47. The SMILES string of the molecule is Cn1nc(C2CCC(=O)NC2=O)c2ccc(N3CCC4(CCN(C(=O)OC(C)(C)C)CC4)CC3)cc21. The Morgan fingerprint density at radius 3 is 2.39 bits per heavy atom. The van der Waals surface area contributed by atoms with Crippen LogP contribution < -0.4 is 10.2 Å². The van der Waals surface area contributed by atoms with Crippen molar-refractivity contribution in [1.82, 2.24) is 20.0 Å². The van der Waals surface area contributed by atoms with Crippen molar-refractivity contribution in [3.05, 3.63) is 23.9 Å². The summed E-state index contributed by atoms with van der Waals surface area (Å²) >= 11 is 0. The summed E-state index contributed by atoms with van der Waals surface area (Å²) in [5.74, 6) is -0.856. The van der Waals surface area contributed by atoms with Crippen LogP contribution in [0.3, 0.4) is 0 Å². The predicted octanol–water partition coefficient (Wildman–Crippen LogP) is 3.71. The molecule has 3 aliphatic rings. The highest BCUT2D eigenvalue weighted by Crippen LogP contribution is 2.43. The van der Waals surface area contributed by atoms with Crippen LogP contribution in [0.2, 0.25) is 0 Å². The normalized spacial score (nSPS) is 22.7. The number of benzene rings is 1. The first-order valence-corrected chi connectivity index (χ1v) is 13.1. The molecule has 1 spiro atoms. The number of nitrogens with zero attached hydrogens (tertiary/aromatic N) is 4. The fraction of sp³-hybridized carbons (Fsp3) is 0.630. The molecule has 1 atom stereocenters. The Morgan fingerprint density at radius 1 is 1.08 bits per heavy atom. The highest BCUT2D eigenvalue weighted by atomic mass is 16.6. The molecule has 1 unspecified atom stereocenters. The topological polar surface area (TPSA) is 96.8 Å². The van der Waals surface area contributed by atoms with E-state index >= 15 is 0 Å². The summed E-state index contributed by atoms with van der Waals surface area (Å²) in [5, 5.41) is 8.09. The Morgan fingerprint density at radius 2 is 1.75 bits per heavy atom. The number of anilines is 1. The van der Waals surface area contributed by atoms with Gasteiger partial charge in [0.1, 0.15) is 5.60 Å². The van der Waals surface area contributed by atoms with E-state index in [0.29, 0.717) is 18.3 Å². The van der Waals surface area contributed by atoms with Crippen LogP contribution in [0.15, 0.2) is 18.2 Å². The first-order valence-electron chi connectivity index (χ1n) is 13.1. The molecule has 3 amide bonds. The van der Waals surface area contributed by atoms with Gasteiger partial charge < -0.3 is 14.5 Å². The maximum atomic E-state index is 12.4. The lowest BCUT2D eigenvalue weighted by molar-refractivity contribution is -0.134. The minimum absolute atomic E-state index is 0.198. The van der Waals surface area contributed by atoms with Gasteiger partial charge in [0.15, 0.2) is 0 Å². The number of aryl methyl sites for hydroxylation is 1. The van der Waals surface area contributed by atoms with Crippen molar-refractivity contribution < 1.29 is 19.1 Å². The molecule has 9 heteroatoms. The Kier molecular flexibility index (Phi) is 6.21. The third-order valence-corrected chi connectivity index (χ3v) is 8.10. The first kappa shape index (κ1) is 24.6. The number of fused-ring (bicyclic) bond motifs is 1. The van der Waals surface area contributed by atoms with E-state index in [1.807, 2.05) is 37.4 Å². The molecule has 3 saturated heterocycles. The molecule has 0 radical (unpaired) electrons. The van der Waals surface area contributed by atoms with Gasteiger partial charge in [-0.2, -0.15) is 5.10 Å². The van der Waals surface area contributed by atoms with Crippen LogP contribution >= 0.6 is 0 Å².